The van der Waals surface area contributed by atoms with Gasteiger partial charge in [0.05, 0.1) is 12.6 Å². The van der Waals surface area contributed by atoms with E-state index in [1.165, 1.54) is 37.0 Å². The van der Waals surface area contributed by atoms with Crippen LogP contribution in [-0.2, 0) is 19.1 Å². The topological polar surface area (TPSA) is 95.9 Å². The Morgan fingerprint density at radius 2 is 1.85 bits per heavy atom. The molecule has 0 aromatic rings. The van der Waals surface area contributed by atoms with Crippen LogP contribution in [0.15, 0.2) is 0 Å². The molecule has 7 heteroatoms. The van der Waals surface area contributed by atoms with Gasteiger partial charge in [0.25, 0.3) is 0 Å². The molecule has 0 radical (unpaired) electrons. The monoisotopic (exact) mass is 382 g/mol. The first-order valence-corrected chi connectivity index (χ1v) is 10.4. The molecule has 1 heterocycles. The van der Waals surface area contributed by atoms with Crippen LogP contribution in [0.4, 0.5) is 0 Å². The minimum absolute atomic E-state index is 0.258. The summed E-state index contributed by atoms with van der Waals surface area (Å²) in [6.07, 6.45) is 8.97. The smallest absolute Gasteiger partial charge is 0.326 e. The number of hydrogen-bond donors (Lipinski definition) is 2. The van der Waals surface area contributed by atoms with E-state index >= 15 is 0 Å². The second kappa shape index (κ2) is 10.6. The lowest BCUT2D eigenvalue weighted by atomic mass is 9.85. The Morgan fingerprint density at radius 1 is 1.15 bits per heavy atom. The highest BCUT2D eigenvalue weighted by Crippen LogP contribution is 2.28. The van der Waals surface area contributed by atoms with E-state index in [-0.39, 0.29) is 11.9 Å². The lowest BCUT2D eigenvalue weighted by Gasteiger charge is -2.29. The number of amides is 1. The first-order valence-electron chi connectivity index (χ1n) is 10.4. The van der Waals surface area contributed by atoms with Crippen molar-refractivity contribution in [1.82, 2.24) is 10.2 Å². The molecule has 27 heavy (non-hydrogen) atoms. The van der Waals surface area contributed by atoms with E-state index in [0.717, 1.165) is 6.42 Å². The van der Waals surface area contributed by atoms with Gasteiger partial charge in [-0.1, -0.05) is 32.1 Å². The summed E-state index contributed by atoms with van der Waals surface area (Å²) in [6, 6.07) is -1.91. The Labute approximate surface area is 161 Å². The Kier molecular flexibility index (Phi) is 8.54. The average Bonchev–Trinajstić information content (AvgIpc) is 3.15. The van der Waals surface area contributed by atoms with Crippen molar-refractivity contribution in [2.75, 3.05) is 13.2 Å². The van der Waals surface area contributed by atoms with E-state index in [4.69, 9.17) is 4.74 Å². The van der Waals surface area contributed by atoms with Gasteiger partial charge in [-0.05, 0) is 45.4 Å². The fourth-order valence-corrected chi connectivity index (χ4v) is 4.30. The van der Waals surface area contributed by atoms with Gasteiger partial charge in [-0.3, -0.25) is 14.9 Å². The molecule has 7 nitrogen and oxygen atoms in total. The average molecular weight is 383 g/mol. The van der Waals surface area contributed by atoms with Crippen LogP contribution in [0, 0.1) is 5.92 Å². The van der Waals surface area contributed by atoms with Crippen LogP contribution in [0.25, 0.3) is 0 Å². The van der Waals surface area contributed by atoms with Crippen molar-refractivity contribution < 1.29 is 24.2 Å². The number of carbonyl (C=O) groups excluding carboxylic acids is 2. The van der Waals surface area contributed by atoms with E-state index < -0.39 is 24.1 Å². The van der Waals surface area contributed by atoms with Gasteiger partial charge in [-0.15, -0.1) is 0 Å². The number of ether oxygens (including phenoxy) is 1. The number of esters is 1. The maximum Gasteiger partial charge on any atom is 0.326 e. The number of carboxylic acids is 1. The van der Waals surface area contributed by atoms with Gasteiger partial charge in [-0.2, -0.15) is 0 Å². The largest absolute Gasteiger partial charge is 0.480 e. The SMILES string of the molecule is CCOC(=O)[C@@H](CCC1CCCCC1)N[C@H](C)C(=O)N1CCCC1C(=O)O. The first-order chi connectivity index (χ1) is 12.9. The lowest BCUT2D eigenvalue weighted by Crippen LogP contribution is -2.53. The number of nitrogens with one attached hydrogen (secondary N) is 1. The molecule has 1 aliphatic carbocycles. The Hall–Kier alpha value is -1.63. The molecule has 2 rings (SSSR count). The third-order valence-corrected chi connectivity index (χ3v) is 5.80. The molecule has 2 N–H and O–H groups in total. The van der Waals surface area contributed by atoms with Crippen LogP contribution in [0.2, 0.25) is 0 Å². The van der Waals surface area contributed by atoms with Crippen LogP contribution in [0.1, 0.15) is 71.6 Å². The quantitative estimate of drug-likeness (QED) is 0.594. The van der Waals surface area contributed by atoms with Gasteiger partial charge in [0, 0.05) is 6.54 Å². The van der Waals surface area contributed by atoms with Gasteiger partial charge in [0.15, 0.2) is 0 Å². The molecule has 1 unspecified atom stereocenters. The van der Waals surface area contributed by atoms with E-state index in [1.807, 2.05) is 0 Å². The molecule has 0 aromatic heterocycles. The van der Waals surface area contributed by atoms with Crippen molar-refractivity contribution in [3.05, 3.63) is 0 Å². The summed E-state index contributed by atoms with van der Waals surface area (Å²) in [5.41, 5.74) is 0. The number of aliphatic carboxylic acids is 1. The predicted octanol–water partition coefficient (Wildman–Crippen LogP) is 2.33. The highest BCUT2D eigenvalue weighted by molar-refractivity contribution is 5.88. The van der Waals surface area contributed by atoms with Gasteiger partial charge >= 0.3 is 11.9 Å². The van der Waals surface area contributed by atoms with E-state index in [9.17, 15) is 19.5 Å². The Morgan fingerprint density at radius 3 is 2.48 bits per heavy atom. The molecule has 1 aliphatic heterocycles. The second-order valence-electron chi connectivity index (χ2n) is 7.80. The number of likely N-dealkylation sites (tertiary alicyclic amines) is 1. The maximum atomic E-state index is 12.7. The van der Waals surface area contributed by atoms with Crippen LogP contribution in [0.3, 0.4) is 0 Å². The number of carboxylic acid groups (broad SMARTS) is 1. The summed E-state index contributed by atoms with van der Waals surface area (Å²) in [5.74, 6) is -0.915. The zero-order valence-corrected chi connectivity index (χ0v) is 16.6. The molecule has 0 bridgehead atoms. The highest BCUT2D eigenvalue weighted by Gasteiger charge is 2.37. The zero-order chi connectivity index (χ0) is 19.8. The molecule has 1 saturated heterocycles. The number of hydrogen-bond acceptors (Lipinski definition) is 5. The third kappa shape index (κ3) is 6.19. The van der Waals surface area contributed by atoms with Crippen LogP contribution in [0.5, 0.6) is 0 Å². The Bertz CT molecular complexity index is 519. The van der Waals surface area contributed by atoms with Gasteiger partial charge in [0.1, 0.15) is 12.1 Å². The van der Waals surface area contributed by atoms with Crippen molar-refractivity contribution in [2.45, 2.75) is 89.8 Å². The second-order valence-corrected chi connectivity index (χ2v) is 7.80. The van der Waals surface area contributed by atoms with E-state index in [0.29, 0.717) is 38.3 Å². The summed E-state index contributed by atoms with van der Waals surface area (Å²) in [7, 11) is 0. The molecule has 1 saturated carbocycles. The molecule has 2 aliphatic rings. The van der Waals surface area contributed by atoms with Crippen molar-refractivity contribution in [1.29, 1.82) is 0 Å². The summed E-state index contributed by atoms with van der Waals surface area (Å²) in [6.45, 7) is 4.22. The molecule has 1 amide bonds. The Balaban J connectivity index is 1.94. The summed E-state index contributed by atoms with van der Waals surface area (Å²) >= 11 is 0. The lowest BCUT2D eigenvalue weighted by molar-refractivity contribution is -0.150. The minimum atomic E-state index is -0.965. The fraction of sp³-hybridized carbons (Fsp3) is 0.850. The number of rotatable bonds is 9. The number of carbonyl (C=O) groups is 3. The van der Waals surface area contributed by atoms with Crippen molar-refractivity contribution in [3.8, 4) is 0 Å². The van der Waals surface area contributed by atoms with Crippen molar-refractivity contribution in [2.24, 2.45) is 5.92 Å². The normalized spacial score (nSPS) is 23.0. The van der Waals surface area contributed by atoms with E-state index in [2.05, 4.69) is 5.32 Å². The standard InChI is InChI=1S/C20H34N2O5/c1-3-27-20(26)16(12-11-15-8-5-4-6-9-15)21-14(2)18(23)22-13-7-10-17(22)19(24)25/h14-17,21H,3-13H2,1-2H3,(H,24,25)/t14-,16-,17?/m1/s1. The minimum Gasteiger partial charge on any atom is -0.480 e. The van der Waals surface area contributed by atoms with Gasteiger partial charge in [-0.25, -0.2) is 4.79 Å². The molecular weight excluding hydrogens is 348 g/mol. The van der Waals surface area contributed by atoms with Gasteiger partial charge < -0.3 is 14.7 Å². The van der Waals surface area contributed by atoms with Crippen LogP contribution < -0.4 is 5.32 Å². The molecule has 0 aromatic carbocycles. The fourth-order valence-electron chi connectivity index (χ4n) is 4.30. The third-order valence-electron chi connectivity index (χ3n) is 5.80. The molecule has 2 fully saturated rings. The molecule has 154 valence electrons. The maximum absolute atomic E-state index is 12.7. The van der Waals surface area contributed by atoms with E-state index in [1.54, 1.807) is 13.8 Å². The molecule has 0 spiro atoms. The first kappa shape index (κ1) is 21.7. The van der Waals surface area contributed by atoms with Crippen LogP contribution >= 0.6 is 0 Å². The predicted molar refractivity (Wildman–Crippen MR) is 101 cm³/mol. The van der Waals surface area contributed by atoms with Gasteiger partial charge in [0.2, 0.25) is 5.91 Å². The zero-order valence-electron chi connectivity index (χ0n) is 16.6. The van der Waals surface area contributed by atoms with Crippen LogP contribution in [-0.4, -0.2) is 59.1 Å². The summed E-state index contributed by atoms with van der Waals surface area (Å²) in [4.78, 5) is 37.9. The van der Waals surface area contributed by atoms with Crippen molar-refractivity contribution >= 4 is 17.8 Å². The molecular formula is C20H34N2O5. The molecule has 3 atom stereocenters. The number of nitrogens with zero attached hydrogens (tertiary/aromatic N) is 1. The highest BCUT2D eigenvalue weighted by atomic mass is 16.5. The van der Waals surface area contributed by atoms with Crippen molar-refractivity contribution in [3.63, 3.8) is 0 Å². The summed E-state index contributed by atoms with van der Waals surface area (Å²) < 4.78 is 5.19. The summed E-state index contributed by atoms with van der Waals surface area (Å²) in [5, 5.41) is 12.4.